The number of carboxylic acids is 1. The van der Waals surface area contributed by atoms with E-state index in [1.807, 2.05) is 13.8 Å². The fourth-order valence-corrected chi connectivity index (χ4v) is 1.20. The number of hydrogen-bond donors (Lipinski definition) is 3. The van der Waals surface area contributed by atoms with Crippen LogP contribution in [0.15, 0.2) is 6.20 Å². The Labute approximate surface area is 98.6 Å². The molecule has 1 aromatic heterocycles. The molecule has 0 aromatic carbocycles. The molecule has 0 unspecified atom stereocenters. The maximum atomic E-state index is 11.4. The van der Waals surface area contributed by atoms with Crippen LogP contribution >= 0.6 is 0 Å². The third kappa shape index (κ3) is 3.78. The number of nitrogen functional groups attached to an aromatic ring is 1. The SMILES string of the molecule is CC(C)CNC(=O)Cn1cc(N)c(C(=O)O)n1. The summed E-state index contributed by atoms with van der Waals surface area (Å²) < 4.78 is 1.22. The van der Waals surface area contributed by atoms with Gasteiger partial charge in [0.05, 0.1) is 5.69 Å². The Morgan fingerprint density at radius 1 is 1.59 bits per heavy atom. The Morgan fingerprint density at radius 2 is 2.24 bits per heavy atom. The molecule has 0 bridgehead atoms. The summed E-state index contributed by atoms with van der Waals surface area (Å²) in [5, 5.41) is 15.1. The molecule has 0 fully saturated rings. The van der Waals surface area contributed by atoms with Crippen molar-refractivity contribution in [2.75, 3.05) is 12.3 Å². The quantitative estimate of drug-likeness (QED) is 0.667. The number of nitrogens with zero attached hydrogens (tertiary/aromatic N) is 2. The lowest BCUT2D eigenvalue weighted by Crippen LogP contribution is -2.30. The van der Waals surface area contributed by atoms with E-state index in [1.54, 1.807) is 0 Å². The van der Waals surface area contributed by atoms with Gasteiger partial charge in [0.2, 0.25) is 5.91 Å². The van der Waals surface area contributed by atoms with E-state index in [-0.39, 0.29) is 23.8 Å². The van der Waals surface area contributed by atoms with Crippen molar-refractivity contribution < 1.29 is 14.7 Å². The van der Waals surface area contributed by atoms with Gasteiger partial charge in [-0.25, -0.2) is 4.79 Å². The van der Waals surface area contributed by atoms with E-state index in [9.17, 15) is 9.59 Å². The van der Waals surface area contributed by atoms with Gasteiger partial charge in [-0.1, -0.05) is 13.8 Å². The standard InChI is InChI=1S/C10H16N4O3/c1-6(2)3-12-8(15)5-14-4-7(11)9(13-14)10(16)17/h4,6H,3,5,11H2,1-2H3,(H,12,15)(H,16,17). The number of hydrogen-bond acceptors (Lipinski definition) is 4. The number of nitrogens with one attached hydrogen (secondary N) is 1. The molecule has 0 aliphatic rings. The molecule has 0 saturated heterocycles. The van der Waals surface area contributed by atoms with Gasteiger partial charge >= 0.3 is 5.97 Å². The molecule has 7 heteroatoms. The second-order valence-electron chi connectivity index (χ2n) is 4.13. The molecule has 0 radical (unpaired) electrons. The summed E-state index contributed by atoms with van der Waals surface area (Å²) in [6.07, 6.45) is 1.33. The molecule has 94 valence electrons. The van der Waals surface area contributed by atoms with Crippen molar-refractivity contribution in [1.82, 2.24) is 15.1 Å². The molecular formula is C10H16N4O3. The molecule has 0 spiro atoms. The largest absolute Gasteiger partial charge is 0.476 e. The second kappa shape index (κ2) is 5.33. The third-order valence-electron chi connectivity index (χ3n) is 2.01. The second-order valence-corrected chi connectivity index (χ2v) is 4.13. The van der Waals surface area contributed by atoms with Gasteiger partial charge in [-0.05, 0) is 5.92 Å². The molecule has 0 saturated carbocycles. The number of nitrogens with two attached hydrogens (primary N) is 1. The van der Waals surface area contributed by atoms with Gasteiger partial charge in [0.15, 0.2) is 5.69 Å². The van der Waals surface area contributed by atoms with Gasteiger partial charge in [-0.3, -0.25) is 9.48 Å². The van der Waals surface area contributed by atoms with Crippen molar-refractivity contribution in [3.8, 4) is 0 Å². The average Bonchev–Trinajstić information content (AvgIpc) is 2.56. The number of aromatic carboxylic acids is 1. The lowest BCUT2D eigenvalue weighted by atomic mass is 10.2. The van der Waals surface area contributed by atoms with Gasteiger partial charge in [-0.15, -0.1) is 0 Å². The number of carboxylic acid groups (broad SMARTS) is 1. The minimum absolute atomic E-state index is 0.0375. The monoisotopic (exact) mass is 240 g/mol. The van der Waals surface area contributed by atoms with E-state index in [2.05, 4.69) is 10.4 Å². The highest BCUT2D eigenvalue weighted by Crippen LogP contribution is 2.08. The fourth-order valence-electron chi connectivity index (χ4n) is 1.20. The van der Waals surface area contributed by atoms with Gasteiger partial charge in [0.25, 0.3) is 0 Å². The van der Waals surface area contributed by atoms with E-state index in [0.717, 1.165) is 0 Å². The highest BCUT2D eigenvalue weighted by atomic mass is 16.4. The van der Waals surface area contributed by atoms with Crippen LogP contribution in [-0.4, -0.2) is 33.3 Å². The first-order valence-electron chi connectivity index (χ1n) is 5.23. The predicted molar refractivity (Wildman–Crippen MR) is 61.4 cm³/mol. The maximum absolute atomic E-state index is 11.4. The van der Waals surface area contributed by atoms with Crippen LogP contribution in [0.2, 0.25) is 0 Å². The Kier molecular flexibility index (Phi) is 4.08. The van der Waals surface area contributed by atoms with Crippen LogP contribution in [0.4, 0.5) is 5.69 Å². The van der Waals surface area contributed by atoms with E-state index < -0.39 is 5.97 Å². The first kappa shape index (κ1) is 13.0. The highest BCUT2D eigenvalue weighted by Gasteiger charge is 2.14. The van der Waals surface area contributed by atoms with E-state index in [0.29, 0.717) is 12.5 Å². The topological polar surface area (TPSA) is 110 Å². The Morgan fingerprint density at radius 3 is 2.71 bits per heavy atom. The summed E-state index contributed by atoms with van der Waals surface area (Å²) in [6, 6.07) is 0. The maximum Gasteiger partial charge on any atom is 0.358 e. The molecular weight excluding hydrogens is 224 g/mol. The van der Waals surface area contributed by atoms with E-state index in [1.165, 1.54) is 10.9 Å². The zero-order valence-electron chi connectivity index (χ0n) is 9.80. The molecule has 1 aromatic rings. The van der Waals surface area contributed by atoms with Crippen LogP contribution in [0.3, 0.4) is 0 Å². The first-order chi connectivity index (χ1) is 7.90. The van der Waals surface area contributed by atoms with Crippen molar-refractivity contribution in [2.24, 2.45) is 5.92 Å². The lowest BCUT2D eigenvalue weighted by molar-refractivity contribution is -0.122. The van der Waals surface area contributed by atoms with Gasteiger partial charge in [0, 0.05) is 12.7 Å². The lowest BCUT2D eigenvalue weighted by Gasteiger charge is -2.07. The summed E-state index contributed by atoms with van der Waals surface area (Å²) in [4.78, 5) is 22.1. The average molecular weight is 240 g/mol. The minimum Gasteiger partial charge on any atom is -0.476 e. The molecule has 0 aliphatic heterocycles. The Balaban J connectivity index is 2.60. The van der Waals surface area contributed by atoms with Crippen LogP contribution in [-0.2, 0) is 11.3 Å². The van der Waals surface area contributed by atoms with Crippen molar-refractivity contribution in [3.63, 3.8) is 0 Å². The number of rotatable bonds is 5. The third-order valence-corrected chi connectivity index (χ3v) is 2.01. The van der Waals surface area contributed by atoms with Gasteiger partial charge < -0.3 is 16.2 Å². The van der Waals surface area contributed by atoms with Crippen LogP contribution in [0, 0.1) is 5.92 Å². The smallest absolute Gasteiger partial charge is 0.358 e. The summed E-state index contributed by atoms with van der Waals surface area (Å²) in [7, 11) is 0. The van der Waals surface area contributed by atoms with Gasteiger partial charge in [-0.2, -0.15) is 5.10 Å². The molecule has 17 heavy (non-hydrogen) atoms. The zero-order chi connectivity index (χ0) is 13.0. The minimum atomic E-state index is -1.20. The highest BCUT2D eigenvalue weighted by molar-refractivity contribution is 5.91. The summed E-state index contributed by atoms with van der Waals surface area (Å²) in [6.45, 7) is 4.50. The van der Waals surface area contributed by atoms with Crippen molar-refractivity contribution >= 4 is 17.6 Å². The van der Waals surface area contributed by atoms with Crippen molar-refractivity contribution in [3.05, 3.63) is 11.9 Å². The molecule has 0 atom stereocenters. The molecule has 1 amide bonds. The Bertz CT molecular complexity index is 425. The van der Waals surface area contributed by atoms with Crippen LogP contribution in [0.25, 0.3) is 0 Å². The number of aromatic nitrogens is 2. The van der Waals surface area contributed by atoms with E-state index >= 15 is 0 Å². The number of amides is 1. The van der Waals surface area contributed by atoms with Crippen LogP contribution < -0.4 is 11.1 Å². The number of anilines is 1. The van der Waals surface area contributed by atoms with Gasteiger partial charge in [0.1, 0.15) is 6.54 Å². The molecule has 4 N–H and O–H groups in total. The fraction of sp³-hybridized carbons (Fsp3) is 0.500. The molecule has 1 rings (SSSR count). The summed E-state index contributed by atoms with van der Waals surface area (Å²) >= 11 is 0. The molecule has 1 heterocycles. The number of carbonyl (C=O) groups is 2. The first-order valence-corrected chi connectivity index (χ1v) is 5.23. The normalized spacial score (nSPS) is 10.5. The Hall–Kier alpha value is -2.05. The van der Waals surface area contributed by atoms with Crippen LogP contribution in [0.5, 0.6) is 0 Å². The van der Waals surface area contributed by atoms with Crippen molar-refractivity contribution in [1.29, 1.82) is 0 Å². The molecule has 7 nitrogen and oxygen atoms in total. The van der Waals surface area contributed by atoms with Crippen LogP contribution in [0.1, 0.15) is 24.3 Å². The number of carbonyl (C=O) groups excluding carboxylic acids is 1. The zero-order valence-corrected chi connectivity index (χ0v) is 9.80. The van der Waals surface area contributed by atoms with E-state index in [4.69, 9.17) is 10.8 Å². The summed E-state index contributed by atoms with van der Waals surface area (Å²) in [5.74, 6) is -1.07. The summed E-state index contributed by atoms with van der Waals surface area (Å²) in [5.41, 5.74) is 5.26. The molecule has 0 aliphatic carbocycles. The van der Waals surface area contributed by atoms with Crippen molar-refractivity contribution in [2.45, 2.75) is 20.4 Å². The predicted octanol–water partition coefficient (Wildman–Crippen LogP) is -0.0643.